The Morgan fingerprint density at radius 3 is 2.32 bits per heavy atom. The Bertz CT molecular complexity index is 728. The summed E-state index contributed by atoms with van der Waals surface area (Å²) in [6.07, 6.45) is -4.50. The third-order valence-electron chi connectivity index (χ3n) is 2.84. The lowest BCUT2D eigenvalue weighted by molar-refractivity contribution is -0.137. The van der Waals surface area contributed by atoms with Crippen molar-refractivity contribution in [2.24, 2.45) is 0 Å². The number of halogens is 3. The highest BCUT2D eigenvalue weighted by Crippen LogP contribution is 2.36. The molecule has 2 nitrogen and oxygen atoms in total. The van der Waals surface area contributed by atoms with Crippen molar-refractivity contribution in [1.29, 1.82) is 5.26 Å². The van der Waals surface area contributed by atoms with Crippen molar-refractivity contribution in [2.75, 3.05) is 5.73 Å². The van der Waals surface area contributed by atoms with Gasteiger partial charge in [0.25, 0.3) is 0 Å². The van der Waals surface area contributed by atoms with Crippen LogP contribution in [0.5, 0.6) is 0 Å². The SMILES string of the molecule is N#CC(=CSc1ccc(N)cc1)c1ccccc1C(F)(F)F. The summed E-state index contributed by atoms with van der Waals surface area (Å²) >= 11 is 1.17. The fourth-order valence-corrected chi connectivity index (χ4v) is 2.52. The first-order valence-corrected chi connectivity index (χ1v) is 7.09. The maximum absolute atomic E-state index is 13.0. The standard InChI is InChI=1S/C16H11F3N2S/c17-16(18,19)15-4-2-1-3-14(15)11(9-20)10-22-13-7-5-12(21)6-8-13/h1-8,10H,21H2. The van der Waals surface area contributed by atoms with Gasteiger partial charge in [0.15, 0.2) is 0 Å². The second-order valence-electron chi connectivity index (χ2n) is 4.37. The number of hydrogen-bond acceptors (Lipinski definition) is 3. The van der Waals surface area contributed by atoms with E-state index < -0.39 is 11.7 Å². The Balaban J connectivity index is 2.35. The number of nitriles is 1. The minimum absolute atomic E-state index is 0.0326. The molecule has 0 aliphatic heterocycles. The Morgan fingerprint density at radius 2 is 1.73 bits per heavy atom. The molecule has 0 unspecified atom stereocenters. The van der Waals surface area contributed by atoms with Crippen LogP contribution in [0.15, 0.2) is 58.8 Å². The molecular formula is C16H11F3N2S. The molecule has 112 valence electrons. The Labute approximate surface area is 130 Å². The van der Waals surface area contributed by atoms with Crippen molar-refractivity contribution >= 4 is 23.0 Å². The second-order valence-corrected chi connectivity index (χ2v) is 5.32. The van der Waals surface area contributed by atoms with Crippen molar-refractivity contribution in [3.8, 4) is 6.07 Å². The van der Waals surface area contributed by atoms with Gasteiger partial charge in [-0.1, -0.05) is 30.0 Å². The van der Waals surface area contributed by atoms with Gasteiger partial charge in [-0.05, 0) is 35.7 Å². The van der Waals surface area contributed by atoms with Gasteiger partial charge in [-0.15, -0.1) is 0 Å². The van der Waals surface area contributed by atoms with Gasteiger partial charge in [-0.3, -0.25) is 0 Å². The molecule has 2 aromatic rings. The predicted molar refractivity (Wildman–Crippen MR) is 81.7 cm³/mol. The number of benzene rings is 2. The predicted octanol–water partition coefficient (Wildman–Crippen LogP) is 4.94. The Kier molecular flexibility index (Phi) is 4.78. The Morgan fingerprint density at radius 1 is 1.09 bits per heavy atom. The maximum atomic E-state index is 13.0. The molecule has 0 amide bonds. The molecule has 6 heteroatoms. The monoisotopic (exact) mass is 320 g/mol. The minimum Gasteiger partial charge on any atom is -0.399 e. The van der Waals surface area contributed by atoms with Crippen LogP contribution in [0.2, 0.25) is 0 Å². The second kappa shape index (κ2) is 6.58. The highest BCUT2D eigenvalue weighted by atomic mass is 32.2. The number of allylic oxidation sites excluding steroid dienone is 1. The third-order valence-corrected chi connectivity index (χ3v) is 3.73. The van der Waals surface area contributed by atoms with E-state index in [1.807, 2.05) is 6.07 Å². The van der Waals surface area contributed by atoms with Gasteiger partial charge in [0.2, 0.25) is 0 Å². The smallest absolute Gasteiger partial charge is 0.399 e. The third kappa shape index (κ3) is 3.83. The van der Waals surface area contributed by atoms with Crippen LogP contribution in [-0.4, -0.2) is 0 Å². The summed E-state index contributed by atoms with van der Waals surface area (Å²) in [5, 5.41) is 10.6. The molecule has 22 heavy (non-hydrogen) atoms. The molecule has 0 saturated heterocycles. The van der Waals surface area contributed by atoms with Crippen molar-refractivity contribution in [3.05, 3.63) is 65.1 Å². The number of nitrogens with zero attached hydrogens (tertiary/aromatic N) is 1. The molecule has 0 saturated carbocycles. The summed E-state index contributed by atoms with van der Waals surface area (Å²) < 4.78 is 39.0. The van der Waals surface area contributed by atoms with Crippen LogP contribution < -0.4 is 5.73 Å². The van der Waals surface area contributed by atoms with Gasteiger partial charge in [0.05, 0.1) is 11.1 Å². The lowest BCUT2D eigenvalue weighted by Gasteiger charge is -2.11. The first-order chi connectivity index (χ1) is 10.4. The molecule has 0 radical (unpaired) electrons. The zero-order valence-electron chi connectivity index (χ0n) is 11.3. The zero-order valence-corrected chi connectivity index (χ0v) is 12.1. The van der Waals surface area contributed by atoms with Gasteiger partial charge >= 0.3 is 6.18 Å². The number of nitrogen functional groups attached to an aromatic ring is 1. The van der Waals surface area contributed by atoms with Crippen LogP contribution in [0.1, 0.15) is 11.1 Å². The highest BCUT2D eigenvalue weighted by Gasteiger charge is 2.33. The summed E-state index contributed by atoms with van der Waals surface area (Å²) in [5.74, 6) is 0. The minimum atomic E-state index is -4.50. The van der Waals surface area contributed by atoms with Crippen molar-refractivity contribution in [3.63, 3.8) is 0 Å². The molecule has 0 aromatic heterocycles. The van der Waals surface area contributed by atoms with E-state index in [-0.39, 0.29) is 11.1 Å². The van der Waals surface area contributed by atoms with E-state index in [9.17, 15) is 18.4 Å². The first kappa shape index (κ1) is 16.0. The normalized spacial score (nSPS) is 12.0. The molecule has 0 heterocycles. The summed E-state index contributed by atoms with van der Waals surface area (Å²) in [6.45, 7) is 0. The fourth-order valence-electron chi connectivity index (χ4n) is 1.79. The number of nitrogens with two attached hydrogens (primary N) is 1. The highest BCUT2D eigenvalue weighted by molar-refractivity contribution is 8.02. The van der Waals surface area contributed by atoms with Crippen LogP contribution >= 0.6 is 11.8 Å². The van der Waals surface area contributed by atoms with Gasteiger partial charge in [-0.25, -0.2) is 0 Å². The lowest BCUT2D eigenvalue weighted by atomic mass is 10.0. The van der Waals surface area contributed by atoms with E-state index in [2.05, 4.69) is 0 Å². The molecule has 0 spiro atoms. The zero-order chi connectivity index (χ0) is 16.2. The average Bonchev–Trinajstić information content (AvgIpc) is 2.49. The number of rotatable bonds is 3. The summed E-state index contributed by atoms with van der Waals surface area (Å²) in [7, 11) is 0. The maximum Gasteiger partial charge on any atom is 0.417 e. The molecule has 0 bridgehead atoms. The van der Waals surface area contributed by atoms with E-state index in [1.54, 1.807) is 24.3 Å². The molecule has 2 aromatic carbocycles. The van der Waals surface area contributed by atoms with Crippen LogP contribution in [0.4, 0.5) is 18.9 Å². The summed E-state index contributed by atoms with van der Waals surface area (Å²) in [5.41, 5.74) is 5.18. The van der Waals surface area contributed by atoms with Crippen LogP contribution in [0.3, 0.4) is 0 Å². The Hall–Kier alpha value is -2.39. The topological polar surface area (TPSA) is 49.8 Å². The van der Waals surface area contributed by atoms with Crippen molar-refractivity contribution in [1.82, 2.24) is 0 Å². The quantitative estimate of drug-likeness (QED) is 0.495. The largest absolute Gasteiger partial charge is 0.417 e. The van der Waals surface area contributed by atoms with Crippen LogP contribution in [0.25, 0.3) is 5.57 Å². The molecule has 0 fully saturated rings. The summed E-state index contributed by atoms with van der Waals surface area (Å²) in [6, 6.07) is 13.7. The van der Waals surface area contributed by atoms with E-state index >= 15 is 0 Å². The molecule has 2 rings (SSSR count). The number of anilines is 1. The van der Waals surface area contributed by atoms with E-state index in [0.29, 0.717) is 5.69 Å². The van der Waals surface area contributed by atoms with Crippen LogP contribution in [-0.2, 0) is 6.18 Å². The molecule has 2 N–H and O–H groups in total. The molecule has 0 atom stereocenters. The first-order valence-electron chi connectivity index (χ1n) is 6.21. The number of thioether (sulfide) groups is 1. The van der Waals surface area contributed by atoms with Crippen molar-refractivity contribution < 1.29 is 13.2 Å². The molecule has 0 aliphatic carbocycles. The van der Waals surface area contributed by atoms with Gasteiger partial charge in [-0.2, -0.15) is 18.4 Å². The molecular weight excluding hydrogens is 309 g/mol. The lowest BCUT2D eigenvalue weighted by Crippen LogP contribution is -2.08. The van der Waals surface area contributed by atoms with E-state index in [4.69, 9.17) is 5.73 Å². The van der Waals surface area contributed by atoms with Gasteiger partial charge in [0.1, 0.15) is 6.07 Å². The van der Waals surface area contributed by atoms with Gasteiger partial charge in [0, 0.05) is 16.1 Å². The number of hydrogen-bond donors (Lipinski definition) is 1. The van der Waals surface area contributed by atoms with Gasteiger partial charge < -0.3 is 5.73 Å². The van der Waals surface area contributed by atoms with E-state index in [0.717, 1.165) is 11.0 Å². The summed E-state index contributed by atoms with van der Waals surface area (Å²) in [4.78, 5) is 0.784. The van der Waals surface area contributed by atoms with Crippen LogP contribution in [0, 0.1) is 11.3 Å². The molecule has 0 aliphatic rings. The van der Waals surface area contributed by atoms with Crippen molar-refractivity contribution in [2.45, 2.75) is 11.1 Å². The van der Waals surface area contributed by atoms with E-state index in [1.165, 1.54) is 35.4 Å². The fraction of sp³-hybridized carbons (Fsp3) is 0.0625. The average molecular weight is 320 g/mol. The number of alkyl halides is 3.